The lowest BCUT2D eigenvalue weighted by atomic mass is 10.1. The molecule has 0 saturated heterocycles. The minimum absolute atomic E-state index is 0.213. The van der Waals surface area contributed by atoms with Gasteiger partial charge in [0.25, 0.3) is 16.0 Å². The number of hydrogen-bond acceptors (Lipinski definition) is 6. The lowest BCUT2D eigenvalue weighted by molar-refractivity contribution is 0.0941. The van der Waals surface area contributed by atoms with Crippen LogP contribution >= 0.6 is 0 Å². The summed E-state index contributed by atoms with van der Waals surface area (Å²) in [4.78, 5) is 29.3. The predicted molar refractivity (Wildman–Crippen MR) is 123 cm³/mol. The van der Waals surface area contributed by atoms with Gasteiger partial charge in [-0.05, 0) is 68.5 Å². The molecule has 2 heterocycles. The lowest BCUT2D eigenvalue weighted by Crippen LogP contribution is -2.15. The molecule has 0 unspecified atom stereocenters. The average molecular weight is 461 g/mol. The van der Waals surface area contributed by atoms with Crippen LogP contribution in [0.4, 0.5) is 0 Å². The van der Waals surface area contributed by atoms with Gasteiger partial charge in [-0.15, -0.1) is 0 Å². The highest BCUT2D eigenvalue weighted by atomic mass is 32.2. The van der Waals surface area contributed by atoms with E-state index in [4.69, 9.17) is 4.55 Å². The van der Waals surface area contributed by atoms with E-state index >= 15 is 0 Å². The highest BCUT2D eigenvalue weighted by Crippen LogP contribution is 2.19. The zero-order chi connectivity index (χ0) is 23.8. The molecule has 0 spiro atoms. The topological polar surface area (TPSA) is 119 Å². The summed E-state index contributed by atoms with van der Waals surface area (Å²) in [6, 6.07) is 15.5. The van der Waals surface area contributed by atoms with Crippen LogP contribution in [0.3, 0.4) is 0 Å². The molecule has 0 aliphatic heterocycles. The second-order valence-corrected chi connectivity index (χ2v) is 8.91. The SMILES string of the molecule is Cc1cc(C)n(C(=O)c2ccc(C(=O)C=Cc3ccc4cc(S(=O)(=O)O)ccc4n3)cc2)n1. The highest BCUT2D eigenvalue weighted by Gasteiger charge is 2.14. The minimum Gasteiger partial charge on any atom is -0.289 e. The number of benzene rings is 2. The van der Waals surface area contributed by atoms with E-state index in [0.717, 1.165) is 11.4 Å². The number of carbonyl (C=O) groups is 2. The molecule has 9 heteroatoms. The molecule has 8 nitrogen and oxygen atoms in total. The van der Waals surface area contributed by atoms with Crippen molar-refractivity contribution >= 4 is 38.8 Å². The van der Waals surface area contributed by atoms with Gasteiger partial charge in [-0.1, -0.05) is 18.2 Å². The number of carbonyl (C=O) groups excluding carboxylic acids is 2. The third-order valence-electron chi connectivity index (χ3n) is 5.00. The van der Waals surface area contributed by atoms with Crippen molar-refractivity contribution in [1.82, 2.24) is 14.8 Å². The number of allylic oxidation sites excluding steroid dienone is 1. The predicted octanol–water partition coefficient (Wildman–Crippen LogP) is 3.88. The maximum absolute atomic E-state index is 12.6. The summed E-state index contributed by atoms with van der Waals surface area (Å²) < 4.78 is 33.0. The standard InChI is InChI=1S/C24H19N3O5S/c1-15-13-16(2)27(26-15)24(29)18-5-3-17(4-6-18)23(28)12-9-20-8-7-19-14-21(33(30,31)32)10-11-22(19)25-20/h3-14H,1-2H3,(H,30,31,32). The van der Waals surface area contributed by atoms with Crippen molar-refractivity contribution in [3.8, 4) is 0 Å². The van der Waals surface area contributed by atoms with E-state index in [1.807, 2.05) is 13.0 Å². The molecule has 0 radical (unpaired) electrons. The van der Waals surface area contributed by atoms with Gasteiger partial charge in [-0.2, -0.15) is 13.5 Å². The second-order valence-electron chi connectivity index (χ2n) is 7.48. The van der Waals surface area contributed by atoms with Crippen LogP contribution in [0.2, 0.25) is 0 Å². The first-order valence-corrected chi connectivity index (χ1v) is 11.3. The van der Waals surface area contributed by atoms with Crippen LogP contribution in [0, 0.1) is 13.8 Å². The number of ketones is 1. The Hall–Kier alpha value is -3.95. The Labute approximate surface area is 190 Å². The molecule has 0 aliphatic rings. The summed E-state index contributed by atoms with van der Waals surface area (Å²) in [7, 11) is -4.29. The van der Waals surface area contributed by atoms with Crippen LogP contribution in [-0.2, 0) is 10.1 Å². The van der Waals surface area contributed by atoms with Crippen LogP contribution in [0.1, 0.15) is 37.8 Å². The Kier molecular flexibility index (Phi) is 5.75. The lowest BCUT2D eigenvalue weighted by Gasteiger charge is -2.04. The molecule has 4 aromatic rings. The number of aromatic nitrogens is 3. The average Bonchev–Trinajstić information content (AvgIpc) is 3.13. The smallest absolute Gasteiger partial charge is 0.289 e. The van der Waals surface area contributed by atoms with E-state index in [-0.39, 0.29) is 16.6 Å². The fraction of sp³-hybridized carbons (Fsp3) is 0.0833. The quantitative estimate of drug-likeness (QED) is 0.272. The van der Waals surface area contributed by atoms with Gasteiger partial charge in [0.2, 0.25) is 0 Å². The van der Waals surface area contributed by atoms with Crippen molar-refractivity contribution in [3.05, 3.63) is 94.9 Å². The van der Waals surface area contributed by atoms with Crippen LogP contribution in [-0.4, -0.2) is 39.4 Å². The Morgan fingerprint density at radius 3 is 2.27 bits per heavy atom. The van der Waals surface area contributed by atoms with Crippen molar-refractivity contribution in [2.45, 2.75) is 18.7 Å². The summed E-state index contributed by atoms with van der Waals surface area (Å²) in [6.45, 7) is 3.61. The normalized spacial score (nSPS) is 11.8. The number of fused-ring (bicyclic) bond motifs is 1. The van der Waals surface area contributed by atoms with E-state index in [1.54, 1.807) is 49.4 Å². The van der Waals surface area contributed by atoms with Crippen LogP contribution in [0.25, 0.3) is 17.0 Å². The van der Waals surface area contributed by atoms with Gasteiger partial charge in [0.1, 0.15) is 0 Å². The first kappa shape index (κ1) is 22.3. The Balaban J connectivity index is 1.50. The van der Waals surface area contributed by atoms with E-state index in [0.29, 0.717) is 27.7 Å². The Morgan fingerprint density at radius 1 is 0.939 bits per heavy atom. The van der Waals surface area contributed by atoms with E-state index in [9.17, 15) is 18.0 Å². The zero-order valence-electron chi connectivity index (χ0n) is 17.8. The second kappa shape index (κ2) is 8.53. The summed E-state index contributed by atoms with van der Waals surface area (Å²) in [5.74, 6) is -0.531. The molecular formula is C24H19N3O5S. The third-order valence-corrected chi connectivity index (χ3v) is 5.85. The molecule has 166 valence electrons. The highest BCUT2D eigenvalue weighted by molar-refractivity contribution is 7.85. The van der Waals surface area contributed by atoms with Crippen molar-refractivity contribution in [2.75, 3.05) is 0 Å². The molecule has 0 amide bonds. The molecule has 0 bridgehead atoms. The summed E-state index contributed by atoms with van der Waals surface area (Å²) in [5, 5.41) is 4.72. The van der Waals surface area contributed by atoms with Gasteiger partial charge in [0, 0.05) is 22.2 Å². The molecule has 2 aromatic carbocycles. The summed E-state index contributed by atoms with van der Waals surface area (Å²) in [6.07, 6.45) is 2.92. The minimum atomic E-state index is -4.29. The van der Waals surface area contributed by atoms with Gasteiger partial charge >= 0.3 is 0 Å². The van der Waals surface area contributed by atoms with E-state index in [1.165, 1.54) is 29.0 Å². The van der Waals surface area contributed by atoms with Gasteiger partial charge in [0.15, 0.2) is 5.78 Å². The van der Waals surface area contributed by atoms with Crippen molar-refractivity contribution in [2.24, 2.45) is 0 Å². The third kappa shape index (κ3) is 4.79. The summed E-state index contributed by atoms with van der Waals surface area (Å²) >= 11 is 0. The van der Waals surface area contributed by atoms with Crippen LogP contribution < -0.4 is 0 Å². The number of rotatable bonds is 5. The largest absolute Gasteiger partial charge is 0.294 e. The first-order valence-electron chi connectivity index (χ1n) is 9.90. The fourth-order valence-electron chi connectivity index (χ4n) is 3.36. The van der Waals surface area contributed by atoms with Gasteiger partial charge in [0.05, 0.1) is 21.8 Å². The van der Waals surface area contributed by atoms with Crippen LogP contribution in [0.15, 0.2) is 71.6 Å². The van der Waals surface area contributed by atoms with E-state index < -0.39 is 10.1 Å². The number of aryl methyl sites for hydroxylation is 2. The number of pyridine rings is 1. The Morgan fingerprint density at radius 2 is 1.64 bits per heavy atom. The van der Waals surface area contributed by atoms with Gasteiger partial charge in [-0.3, -0.25) is 14.1 Å². The molecule has 0 fully saturated rings. The molecule has 4 rings (SSSR count). The van der Waals surface area contributed by atoms with Crippen molar-refractivity contribution in [1.29, 1.82) is 0 Å². The Bertz CT molecular complexity index is 1530. The molecule has 2 aromatic heterocycles. The van der Waals surface area contributed by atoms with Crippen molar-refractivity contribution in [3.63, 3.8) is 0 Å². The first-order chi connectivity index (χ1) is 15.6. The maximum Gasteiger partial charge on any atom is 0.294 e. The van der Waals surface area contributed by atoms with Crippen LogP contribution in [0.5, 0.6) is 0 Å². The molecule has 0 atom stereocenters. The molecule has 1 N–H and O–H groups in total. The van der Waals surface area contributed by atoms with Gasteiger partial charge < -0.3 is 0 Å². The van der Waals surface area contributed by atoms with Crippen molar-refractivity contribution < 1.29 is 22.6 Å². The molecular weight excluding hydrogens is 442 g/mol. The summed E-state index contributed by atoms with van der Waals surface area (Å²) in [5.41, 5.74) is 3.34. The van der Waals surface area contributed by atoms with E-state index in [2.05, 4.69) is 10.1 Å². The maximum atomic E-state index is 12.6. The zero-order valence-corrected chi connectivity index (χ0v) is 18.6. The fourth-order valence-corrected chi connectivity index (χ4v) is 3.88. The van der Waals surface area contributed by atoms with Gasteiger partial charge in [-0.25, -0.2) is 9.67 Å². The number of hydrogen-bond donors (Lipinski definition) is 1. The molecule has 0 saturated carbocycles. The monoisotopic (exact) mass is 461 g/mol. The molecule has 33 heavy (non-hydrogen) atoms. The number of nitrogens with zero attached hydrogens (tertiary/aromatic N) is 3. The molecule has 0 aliphatic carbocycles.